The molecule has 0 spiro atoms. The minimum absolute atomic E-state index is 0.352. The zero-order valence-corrected chi connectivity index (χ0v) is 9.87. The van der Waals surface area contributed by atoms with Gasteiger partial charge < -0.3 is 10.2 Å². The van der Waals surface area contributed by atoms with Crippen LogP contribution < -0.4 is 5.32 Å². The van der Waals surface area contributed by atoms with Gasteiger partial charge in [-0.1, -0.05) is 26.2 Å². The number of carbonyl (C=O) groups excluding carboxylic acids is 1. The van der Waals surface area contributed by atoms with E-state index < -0.39 is 0 Å². The van der Waals surface area contributed by atoms with E-state index in [-0.39, 0.29) is 0 Å². The smallest absolute Gasteiger partial charge is 0.207 e. The molecule has 1 aliphatic rings. The van der Waals surface area contributed by atoms with E-state index in [1.807, 2.05) is 0 Å². The van der Waals surface area contributed by atoms with Crippen molar-refractivity contribution in [1.29, 1.82) is 0 Å². The molecule has 1 heterocycles. The van der Waals surface area contributed by atoms with Gasteiger partial charge in [0.25, 0.3) is 0 Å². The summed E-state index contributed by atoms with van der Waals surface area (Å²) >= 11 is 0. The first-order valence-corrected chi connectivity index (χ1v) is 6.29. The van der Waals surface area contributed by atoms with Crippen molar-refractivity contribution < 1.29 is 4.79 Å². The van der Waals surface area contributed by atoms with Crippen LogP contribution in [-0.2, 0) is 4.79 Å². The monoisotopic (exact) mass is 212 g/mol. The van der Waals surface area contributed by atoms with Gasteiger partial charge in [0, 0.05) is 12.6 Å². The number of amides is 1. The fourth-order valence-corrected chi connectivity index (χ4v) is 2.30. The van der Waals surface area contributed by atoms with Crippen LogP contribution in [0.15, 0.2) is 0 Å². The molecule has 3 heteroatoms. The van der Waals surface area contributed by atoms with Gasteiger partial charge in [-0.25, -0.2) is 0 Å². The molecular formula is C12H24N2O. The second-order valence-corrected chi connectivity index (χ2v) is 4.48. The number of rotatable bonds is 6. The summed E-state index contributed by atoms with van der Waals surface area (Å²) in [5, 5.41) is 2.93. The summed E-state index contributed by atoms with van der Waals surface area (Å²) in [5.74, 6) is 0. The maximum atomic E-state index is 10.5. The lowest BCUT2D eigenvalue weighted by molar-refractivity contribution is -0.110. The summed E-state index contributed by atoms with van der Waals surface area (Å²) in [4.78, 5) is 13.0. The normalized spacial score (nSPS) is 20.6. The van der Waals surface area contributed by atoms with Gasteiger partial charge in [-0.05, 0) is 32.4 Å². The van der Waals surface area contributed by atoms with E-state index in [1.165, 1.54) is 38.8 Å². The number of hydrogen-bond acceptors (Lipinski definition) is 2. The van der Waals surface area contributed by atoms with E-state index in [4.69, 9.17) is 0 Å². The molecule has 0 radical (unpaired) electrons. The summed E-state index contributed by atoms with van der Waals surface area (Å²) in [6.07, 6.45) is 8.46. The quantitative estimate of drug-likeness (QED) is 0.681. The van der Waals surface area contributed by atoms with Crippen molar-refractivity contribution in [2.45, 2.75) is 51.5 Å². The van der Waals surface area contributed by atoms with Crippen LogP contribution in [0.3, 0.4) is 0 Å². The summed E-state index contributed by atoms with van der Waals surface area (Å²) in [5.41, 5.74) is 0. The maximum absolute atomic E-state index is 10.5. The number of likely N-dealkylation sites (tertiary alicyclic amines) is 1. The summed E-state index contributed by atoms with van der Waals surface area (Å²) < 4.78 is 0. The fourth-order valence-electron chi connectivity index (χ4n) is 2.30. The predicted octanol–water partition coefficient (Wildman–Crippen LogP) is 1.78. The van der Waals surface area contributed by atoms with Crippen LogP contribution in [0.1, 0.15) is 45.4 Å². The van der Waals surface area contributed by atoms with Crippen LogP contribution in [0.2, 0.25) is 0 Å². The van der Waals surface area contributed by atoms with E-state index in [2.05, 4.69) is 17.1 Å². The average molecular weight is 212 g/mol. The molecule has 88 valence electrons. The third-order valence-electron chi connectivity index (χ3n) is 3.12. The highest BCUT2D eigenvalue weighted by Gasteiger charge is 2.14. The molecule has 1 rings (SSSR count). The Hall–Kier alpha value is -0.570. The SMILES string of the molecule is CCC[C@@H](CN1CCCCCC1)NC=O. The first-order chi connectivity index (χ1) is 7.36. The molecule has 1 amide bonds. The standard InChI is InChI=1S/C12H24N2O/c1-2-7-12(13-11-15)10-14-8-5-3-4-6-9-14/h11-12H,2-10H2,1H3,(H,13,15)/t12-/m0/s1. The third kappa shape index (κ3) is 5.17. The lowest BCUT2D eigenvalue weighted by Gasteiger charge is -2.25. The Bertz CT molecular complexity index is 165. The van der Waals surface area contributed by atoms with E-state index in [0.717, 1.165) is 25.8 Å². The van der Waals surface area contributed by atoms with E-state index >= 15 is 0 Å². The number of nitrogens with zero attached hydrogens (tertiary/aromatic N) is 1. The van der Waals surface area contributed by atoms with Gasteiger partial charge in [-0.3, -0.25) is 4.79 Å². The molecular weight excluding hydrogens is 188 g/mol. The maximum Gasteiger partial charge on any atom is 0.207 e. The lowest BCUT2D eigenvalue weighted by atomic mass is 10.1. The highest BCUT2D eigenvalue weighted by atomic mass is 16.1. The topological polar surface area (TPSA) is 32.3 Å². The molecule has 0 aromatic carbocycles. The molecule has 0 aliphatic carbocycles. The third-order valence-corrected chi connectivity index (χ3v) is 3.12. The Morgan fingerprint density at radius 1 is 1.27 bits per heavy atom. The van der Waals surface area contributed by atoms with Crippen LogP contribution in [0, 0.1) is 0 Å². The zero-order valence-electron chi connectivity index (χ0n) is 9.87. The van der Waals surface area contributed by atoms with Crippen molar-refractivity contribution in [3.05, 3.63) is 0 Å². The molecule has 0 saturated carbocycles. The molecule has 0 aromatic heterocycles. The Morgan fingerprint density at radius 2 is 1.93 bits per heavy atom. The van der Waals surface area contributed by atoms with Gasteiger partial charge >= 0.3 is 0 Å². The van der Waals surface area contributed by atoms with Crippen LogP contribution >= 0.6 is 0 Å². The van der Waals surface area contributed by atoms with Gasteiger partial charge in [0.05, 0.1) is 0 Å². The minimum atomic E-state index is 0.352. The predicted molar refractivity (Wildman–Crippen MR) is 62.8 cm³/mol. The van der Waals surface area contributed by atoms with Crippen molar-refractivity contribution in [3.63, 3.8) is 0 Å². The van der Waals surface area contributed by atoms with Crippen LogP contribution in [0.25, 0.3) is 0 Å². The van der Waals surface area contributed by atoms with Crippen molar-refractivity contribution in [2.75, 3.05) is 19.6 Å². The Kier molecular flexibility index (Phi) is 6.41. The van der Waals surface area contributed by atoms with E-state index in [9.17, 15) is 4.79 Å². The molecule has 15 heavy (non-hydrogen) atoms. The second-order valence-electron chi connectivity index (χ2n) is 4.48. The molecule has 0 bridgehead atoms. The Morgan fingerprint density at radius 3 is 2.47 bits per heavy atom. The van der Waals surface area contributed by atoms with Crippen LogP contribution in [0.4, 0.5) is 0 Å². The van der Waals surface area contributed by atoms with E-state index in [0.29, 0.717) is 6.04 Å². The molecule has 1 saturated heterocycles. The fraction of sp³-hybridized carbons (Fsp3) is 0.917. The molecule has 1 atom stereocenters. The van der Waals surface area contributed by atoms with Crippen molar-refractivity contribution in [2.24, 2.45) is 0 Å². The minimum Gasteiger partial charge on any atom is -0.355 e. The van der Waals surface area contributed by atoms with Crippen molar-refractivity contribution in [3.8, 4) is 0 Å². The van der Waals surface area contributed by atoms with Gasteiger partial charge in [-0.15, -0.1) is 0 Å². The van der Waals surface area contributed by atoms with Gasteiger partial charge in [-0.2, -0.15) is 0 Å². The number of nitrogens with one attached hydrogen (secondary N) is 1. The van der Waals surface area contributed by atoms with Crippen LogP contribution in [0.5, 0.6) is 0 Å². The Labute approximate surface area is 93.2 Å². The van der Waals surface area contributed by atoms with Gasteiger partial charge in [0.15, 0.2) is 0 Å². The first-order valence-electron chi connectivity index (χ1n) is 6.29. The summed E-state index contributed by atoms with van der Waals surface area (Å²) in [6.45, 7) is 5.62. The van der Waals surface area contributed by atoms with Crippen LogP contribution in [-0.4, -0.2) is 37.0 Å². The Balaban J connectivity index is 2.30. The highest BCUT2D eigenvalue weighted by molar-refractivity contribution is 5.46. The lowest BCUT2D eigenvalue weighted by Crippen LogP contribution is -2.40. The summed E-state index contributed by atoms with van der Waals surface area (Å²) in [6, 6.07) is 0.352. The van der Waals surface area contributed by atoms with Gasteiger partial charge in [0.2, 0.25) is 6.41 Å². The zero-order chi connectivity index (χ0) is 10.9. The first kappa shape index (κ1) is 12.5. The van der Waals surface area contributed by atoms with Gasteiger partial charge in [0.1, 0.15) is 0 Å². The molecule has 0 unspecified atom stereocenters. The average Bonchev–Trinajstić information content (AvgIpc) is 2.47. The molecule has 0 aromatic rings. The van der Waals surface area contributed by atoms with Crippen molar-refractivity contribution in [1.82, 2.24) is 10.2 Å². The molecule has 1 fully saturated rings. The molecule has 1 N–H and O–H groups in total. The summed E-state index contributed by atoms with van der Waals surface area (Å²) in [7, 11) is 0. The highest BCUT2D eigenvalue weighted by Crippen LogP contribution is 2.10. The molecule has 1 aliphatic heterocycles. The largest absolute Gasteiger partial charge is 0.355 e. The number of hydrogen-bond donors (Lipinski definition) is 1. The number of carbonyl (C=O) groups is 1. The molecule has 3 nitrogen and oxygen atoms in total. The second kappa shape index (κ2) is 7.69. The van der Waals surface area contributed by atoms with Crippen molar-refractivity contribution >= 4 is 6.41 Å². The van der Waals surface area contributed by atoms with E-state index in [1.54, 1.807) is 0 Å².